The number of benzene rings is 1. The fraction of sp³-hybridized carbons (Fsp3) is 0.533. The van der Waals surface area contributed by atoms with Gasteiger partial charge in [-0.2, -0.15) is 0 Å². The Labute approximate surface area is 128 Å². The number of nitrogens with two attached hydrogens (primary N) is 1. The number of nitrogens with one attached hydrogen (secondary N) is 1. The van der Waals surface area contributed by atoms with Crippen LogP contribution in [0.3, 0.4) is 0 Å². The van der Waals surface area contributed by atoms with Crippen LogP contribution in [-0.4, -0.2) is 24.6 Å². The fourth-order valence-corrected chi connectivity index (χ4v) is 2.99. The van der Waals surface area contributed by atoms with Gasteiger partial charge in [0.2, 0.25) is 5.91 Å². The van der Waals surface area contributed by atoms with Crippen LogP contribution >= 0.6 is 15.9 Å². The summed E-state index contributed by atoms with van der Waals surface area (Å²) in [5.74, 6) is 0.786. The van der Waals surface area contributed by atoms with Crippen LogP contribution in [0.25, 0.3) is 0 Å². The predicted molar refractivity (Wildman–Crippen MR) is 82.7 cm³/mol. The third kappa shape index (κ3) is 4.21. The Morgan fingerprint density at radius 3 is 2.80 bits per heavy atom. The van der Waals surface area contributed by atoms with Crippen LogP contribution in [-0.2, 0) is 4.79 Å². The van der Waals surface area contributed by atoms with Crippen molar-refractivity contribution in [3.05, 3.63) is 28.7 Å². The standard InChI is InChI=1S/C15H21BrN2O2/c16-12-4-3-5-13(10-12)20-9-6-14(19)18-15(11-17)7-1-2-8-15/h3-5,10H,1-2,6-9,11,17H2,(H,18,19). The molecule has 5 heteroatoms. The lowest BCUT2D eigenvalue weighted by atomic mass is 9.98. The molecule has 1 aromatic carbocycles. The van der Waals surface area contributed by atoms with Crippen LogP contribution in [0.1, 0.15) is 32.1 Å². The summed E-state index contributed by atoms with van der Waals surface area (Å²) in [4.78, 5) is 12.0. The third-order valence-electron chi connectivity index (χ3n) is 3.75. The van der Waals surface area contributed by atoms with Gasteiger partial charge in [-0.25, -0.2) is 0 Å². The fourth-order valence-electron chi connectivity index (χ4n) is 2.61. The highest BCUT2D eigenvalue weighted by molar-refractivity contribution is 9.10. The number of halogens is 1. The van der Waals surface area contributed by atoms with Gasteiger partial charge in [0.1, 0.15) is 5.75 Å². The summed E-state index contributed by atoms with van der Waals surface area (Å²) in [6.45, 7) is 0.897. The lowest BCUT2D eigenvalue weighted by Crippen LogP contribution is -2.51. The first kappa shape index (κ1) is 15.3. The molecule has 1 amide bonds. The van der Waals surface area contributed by atoms with Crippen LogP contribution in [0.4, 0.5) is 0 Å². The number of hydrogen-bond acceptors (Lipinski definition) is 3. The average molecular weight is 341 g/mol. The molecule has 1 fully saturated rings. The van der Waals surface area contributed by atoms with E-state index in [1.807, 2.05) is 24.3 Å². The van der Waals surface area contributed by atoms with Crippen molar-refractivity contribution in [2.75, 3.05) is 13.2 Å². The quantitative estimate of drug-likeness (QED) is 0.836. The maximum absolute atomic E-state index is 12.0. The zero-order chi connectivity index (χ0) is 14.4. The van der Waals surface area contributed by atoms with E-state index in [9.17, 15) is 4.79 Å². The molecule has 0 atom stereocenters. The topological polar surface area (TPSA) is 64.3 Å². The van der Waals surface area contributed by atoms with E-state index in [-0.39, 0.29) is 11.4 Å². The molecule has 110 valence electrons. The first-order valence-electron chi connectivity index (χ1n) is 7.03. The molecule has 1 saturated carbocycles. The van der Waals surface area contributed by atoms with Crippen molar-refractivity contribution < 1.29 is 9.53 Å². The van der Waals surface area contributed by atoms with E-state index in [4.69, 9.17) is 10.5 Å². The number of ether oxygens (including phenoxy) is 1. The van der Waals surface area contributed by atoms with Gasteiger partial charge in [0.05, 0.1) is 18.6 Å². The van der Waals surface area contributed by atoms with E-state index in [2.05, 4.69) is 21.2 Å². The molecule has 0 bridgehead atoms. The van der Waals surface area contributed by atoms with Crippen molar-refractivity contribution in [2.24, 2.45) is 5.73 Å². The molecule has 1 aromatic rings. The number of carbonyl (C=O) groups is 1. The van der Waals surface area contributed by atoms with Crippen LogP contribution in [0.2, 0.25) is 0 Å². The van der Waals surface area contributed by atoms with E-state index in [0.29, 0.717) is 19.6 Å². The van der Waals surface area contributed by atoms with E-state index in [0.717, 1.165) is 35.9 Å². The Morgan fingerprint density at radius 2 is 2.15 bits per heavy atom. The normalized spacial score (nSPS) is 16.9. The van der Waals surface area contributed by atoms with Crippen LogP contribution < -0.4 is 15.8 Å². The molecular formula is C15H21BrN2O2. The molecule has 0 spiro atoms. The highest BCUT2D eigenvalue weighted by Gasteiger charge is 2.33. The molecule has 20 heavy (non-hydrogen) atoms. The second-order valence-corrected chi connectivity index (χ2v) is 6.21. The van der Waals surface area contributed by atoms with Crippen molar-refractivity contribution in [1.29, 1.82) is 0 Å². The molecule has 4 nitrogen and oxygen atoms in total. The number of carbonyl (C=O) groups excluding carboxylic acids is 1. The number of amides is 1. The van der Waals surface area contributed by atoms with Crippen LogP contribution in [0.15, 0.2) is 28.7 Å². The van der Waals surface area contributed by atoms with E-state index >= 15 is 0 Å². The van der Waals surface area contributed by atoms with Gasteiger partial charge in [-0.15, -0.1) is 0 Å². The van der Waals surface area contributed by atoms with Gasteiger partial charge >= 0.3 is 0 Å². The van der Waals surface area contributed by atoms with E-state index in [1.54, 1.807) is 0 Å². The first-order chi connectivity index (χ1) is 9.63. The highest BCUT2D eigenvalue weighted by Crippen LogP contribution is 2.28. The lowest BCUT2D eigenvalue weighted by Gasteiger charge is -2.28. The van der Waals surface area contributed by atoms with Crippen LogP contribution in [0, 0.1) is 0 Å². The lowest BCUT2D eigenvalue weighted by molar-refractivity contribution is -0.123. The molecule has 1 aliphatic carbocycles. The van der Waals surface area contributed by atoms with Gasteiger partial charge in [-0.3, -0.25) is 4.79 Å². The minimum absolute atomic E-state index is 0.0207. The Kier molecular flexibility index (Phi) is 5.43. The minimum atomic E-state index is -0.174. The zero-order valence-electron chi connectivity index (χ0n) is 11.5. The molecule has 0 saturated heterocycles. The number of rotatable bonds is 6. The molecule has 0 aliphatic heterocycles. The van der Waals surface area contributed by atoms with E-state index in [1.165, 1.54) is 0 Å². The molecule has 0 heterocycles. The summed E-state index contributed by atoms with van der Waals surface area (Å²) in [6.07, 6.45) is 4.62. The van der Waals surface area contributed by atoms with Gasteiger partial charge in [-0.1, -0.05) is 34.8 Å². The maximum atomic E-state index is 12.0. The largest absolute Gasteiger partial charge is 0.493 e. The summed E-state index contributed by atoms with van der Waals surface area (Å²) >= 11 is 3.38. The monoisotopic (exact) mass is 340 g/mol. The summed E-state index contributed by atoms with van der Waals surface area (Å²) in [5, 5.41) is 3.09. The van der Waals surface area contributed by atoms with Gasteiger partial charge in [0, 0.05) is 11.0 Å². The minimum Gasteiger partial charge on any atom is -0.493 e. The van der Waals surface area contributed by atoms with Gasteiger partial charge in [0.25, 0.3) is 0 Å². The summed E-state index contributed by atoms with van der Waals surface area (Å²) in [5.41, 5.74) is 5.63. The molecular weight excluding hydrogens is 320 g/mol. The van der Waals surface area contributed by atoms with Gasteiger partial charge in [-0.05, 0) is 31.0 Å². The van der Waals surface area contributed by atoms with Crippen molar-refractivity contribution in [3.8, 4) is 5.75 Å². The van der Waals surface area contributed by atoms with Crippen molar-refractivity contribution >= 4 is 21.8 Å². The molecule has 0 aromatic heterocycles. The van der Waals surface area contributed by atoms with Gasteiger partial charge in [0.15, 0.2) is 0 Å². The SMILES string of the molecule is NCC1(NC(=O)CCOc2cccc(Br)c2)CCCC1. The Balaban J connectivity index is 1.75. The molecule has 0 radical (unpaired) electrons. The van der Waals surface area contributed by atoms with Crippen molar-refractivity contribution in [3.63, 3.8) is 0 Å². The third-order valence-corrected chi connectivity index (χ3v) is 4.24. The summed E-state index contributed by atoms with van der Waals surface area (Å²) < 4.78 is 6.53. The molecule has 3 N–H and O–H groups in total. The smallest absolute Gasteiger partial charge is 0.223 e. The number of hydrogen-bond donors (Lipinski definition) is 2. The van der Waals surface area contributed by atoms with Crippen molar-refractivity contribution in [1.82, 2.24) is 5.32 Å². The summed E-state index contributed by atoms with van der Waals surface area (Å²) in [7, 11) is 0. The highest BCUT2D eigenvalue weighted by atomic mass is 79.9. The predicted octanol–water partition coefficient (Wildman–Crippen LogP) is 2.61. The van der Waals surface area contributed by atoms with Crippen LogP contribution in [0.5, 0.6) is 5.75 Å². The summed E-state index contributed by atoms with van der Waals surface area (Å²) in [6, 6.07) is 7.60. The zero-order valence-corrected chi connectivity index (χ0v) is 13.1. The molecule has 0 unspecified atom stereocenters. The first-order valence-corrected chi connectivity index (χ1v) is 7.82. The van der Waals surface area contributed by atoms with Crippen molar-refractivity contribution in [2.45, 2.75) is 37.6 Å². The Bertz CT molecular complexity index is 459. The van der Waals surface area contributed by atoms with Gasteiger partial charge < -0.3 is 15.8 Å². The second kappa shape index (κ2) is 7.09. The average Bonchev–Trinajstić information content (AvgIpc) is 2.88. The second-order valence-electron chi connectivity index (χ2n) is 5.30. The molecule has 2 rings (SSSR count). The Morgan fingerprint density at radius 1 is 1.40 bits per heavy atom. The molecule has 1 aliphatic rings. The van der Waals surface area contributed by atoms with E-state index < -0.39 is 0 Å². The maximum Gasteiger partial charge on any atom is 0.223 e. The Hall–Kier alpha value is -1.07.